The molecule has 20 heavy (non-hydrogen) atoms. The largest absolute Gasteiger partial charge is 0.433 e. The van der Waals surface area contributed by atoms with E-state index in [0.29, 0.717) is 24.0 Å². The van der Waals surface area contributed by atoms with Crippen molar-refractivity contribution < 1.29 is 17.9 Å². The zero-order chi connectivity index (χ0) is 14.9. The zero-order valence-electron chi connectivity index (χ0n) is 11.0. The molecule has 0 N–H and O–H groups in total. The zero-order valence-corrected chi connectivity index (χ0v) is 11.8. The molecular weight excluding hydrogens is 291 g/mol. The Morgan fingerprint density at radius 2 is 2.00 bits per heavy atom. The normalized spacial score (nSPS) is 12.1. The summed E-state index contributed by atoms with van der Waals surface area (Å²) in [5.41, 5.74) is -0.000324. The van der Waals surface area contributed by atoms with Gasteiger partial charge < -0.3 is 4.74 Å². The van der Waals surface area contributed by atoms with Gasteiger partial charge in [0.15, 0.2) is 0 Å². The van der Waals surface area contributed by atoms with Gasteiger partial charge in [-0.25, -0.2) is 4.98 Å². The van der Waals surface area contributed by atoms with Crippen LogP contribution in [0.4, 0.5) is 13.2 Å². The number of rotatable bonds is 3. The van der Waals surface area contributed by atoms with Crippen LogP contribution >= 0.6 is 11.6 Å². The van der Waals surface area contributed by atoms with Crippen LogP contribution in [-0.2, 0) is 17.3 Å². The van der Waals surface area contributed by atoms with Crippen LogP contribution in [0.15, 0.2) is 18.2 Å². The van der Waals surface area contributed by atoms with Crippen molar-refractivity contribution in [1.29, 1.82) is 0 Å². The van der Waals surface area contributed by atoms with Gasteiger partial charge in [0.1, 0.15) is 5.69 Å². The molecule has 1 heterocycles. The van der Waals surface area contributed by atoms with Crippen LogP contribution in [0.3, 0.4) is 0 Å². The summed E-state index contributed by atoms with van der Waals surface area (Å²) in [6, 6.07) is 5.17. The molecular formula is C14H13ClF3NO. The Labute approximate surface area is 119 Å². The maximum Gasteiger partial charge on any atom is 0.433 e. The lowest BCUT2D eigenvalue weighted by Crippen LogP contribution is -2.12. The predicted molar refractivity (Wildman–Crippen MR) is 72.1 cm³/mol. The third kappa shape index (κ3) is 2.74. The Morgan fingerprint density at radius 3 is 2.60 bits per heavy atom. The monoisotopic (exact) mass is 303 g/mol. The van der Waals surface area contributed by atoms with E-state index in [1.807, 2.05) is 0 Å². The fraction of sp³-hybridized carbons (Fsp3) is 0.357. The standard InChI is InChI=1S/C14H13ClF3NO/c1-8-11(15)10-5-3-4-9(6-7-20-2)12(10)19-13(8)14(16,17)18/h3-5H,6-7H2,1-2H3. The molecule has 1 aromatic heterocycles. The Morgan fingerprint density at radius 1 is 1.30 bits per heavy atom. The van der Waals surface area contributed by atoms with Crippen molar-refractivity contribution in [2.75, 3.05) is 13.7 Å². The summed E-state index contributed by atoms with van der Waals surface area (Å²) in [4.78, 5) is 3.79. The number of fused-ring (bicyclic) bond motifs is 1. The molecule has 108 valence electrons. The van der Waals surface area contributed by atoms with Crippen molar-refractivity contribution >= 4 is 22.5 Å². The molecule has 2 nitrogen and oxygen atoms in total. The van der Waals surface area contributed by atoms with Gasteiger partial charge in [-0.15, -0.1) is 0 Å². The van der Waals surface area contributed by atoms with Gasteiger partial charge >= 0.3 is 6.18 Å². The number of benzene rings is 1. The third-order valence-corrected chi connectivity index (χ3v) is 3.60. The van der Waals surface area contributed by atoms with E-state index in [2.05, 4.69) is 4.98 Å². The van der Waals surface area contributed by atoms with Crippen LogP contribution in [0, 0.1) is 6.92 Å². The summed E-state index contributed by atoms with van der Waals surface area (Å²) in [7, 11) is 1.54. The van der Waals surface area contributed by atoms with Crippen LogP contribution in [0.2, 0.25) is 5.02 Å². The summed E-state index contributed by atoms with van der Waals surface area (Å²) >= 11 is 6.07. The predicted octanol–water partition coefficient (Wildman–Crippen LogP) is 4.40. The van der Waals surface area contributed by atoms with Gasteiger partial charge in [0.05, 0.1) is 17.1 Å². The molecule has 0 amide bonds. The van der Waals surface area contributed by atoms with E-state index >= 15 is 0 Å². The fourth-order valence-electron chi connectivity index (χ4n) is 2.09. The Kier molecular flexibility index (Phi) is 4.20. The van der Waals surface area contributed by atoms with E-state index in [-0.39, 0.29) is 16.1 Å². The Balaban J connectivity index is 2.72. The molecule has 0 fully saturated rings. The maximum atomic E-state index is 13.0. The lowest BCUT2D eigenvalue weighted by molar-refractivity contribution is -0.141. The molecule has 0 aliphatic carbocycles. The molecule has 0 unspecified atom stereocenters. The fourth-order valence-corrected chi connectivity index (χ4v) is 2.33. The average Bonchev–Trinajstić information content (AvgIpc) is 2.39. The highest BCUT2D eigenvalue weighted by Crippen LogP contribution is 2.37. The first-order chi connectivity index (χ1) is 9.36. The van der Waals surface area contributed by atoms with Crippen LogP contribution in [-0.4, -0.2) is 18.7 Å². The topological polar surface area (TPSA) is 22.1 Å². The number of methoxy groups -OCH3 is 1. The number of alkyl halides is 3. The number of nitrogens with zero attached hydrogens (tertiary/aromatic N) is 1. The first-order valence-corrected chi connectivity index (χ1v) is 6.38. The highest BCUT2D eigenvalue weighted by Gasteiger charge is 2.36. The summed E-state index contributed by atoms with van der Waals surface area (Å²) in [5.74, 6) is 0. The summed E-state index contributed by atoms with van der Waals surface area (Å²) in [5, 5.41) is 0.632. The van der Waals surface area contributed by atoms with Crippen LogP contribution < -0.4 is 0 Å². The van der Waals surface area contributed by atoms with Crippen LogP contribution in [0.25, 0.3) is 10.9 Å². The van der Waals surface area contributed by atoms with E-state index in [0.717, 1.165) is 0 Å². The SMILES string of the molecule is COCCc1cccc2c(Cl)c(C)c(C(F)(F)F)nc12. The van der Waals surface area contributed by atoms with Gasteiger partial charge in [0.25, 0.3) is 0 Å². The van der Waals surface area contributed by atoms with Crippen LogP contribution in [0.5, 0.6) is 0 Å². The second kappa shape index (κ2) is 5.58. The maximum absolute atomic E-state index is 13.0. The Bertz CT molecular complexity index is 640. The number of halogens is 4. The van der Waals surface area contributed by atoms with E-state index in [4.69, 9.17) is 16.3 Å². The van der Waals surface area contributed by atoms with Crippen LogP contribution in [0.1, 0.15) is 16.8 Å². The van der Waals surface area contributed by atoms with Crippen molar-refractivity contribution in [1.82, 2.24) is 4.98 Å². The highest BCUT2D eigenvalue weighted by molar-refractivity contribution is 6.36. The lowest BCUT2D eigenvalue weighted by atomic mass is 10.0. The van der Waals surface area contributed by atoms with Gasteiger partial charge in [0.2, 0.25) is 0 Å². The van der Waals surface area contributed by atoms with Crippen molar-refractivity contribution in [2.45, 2.75) is 19.5 Å². The molecule has 1 aromatic carbocycles. The highest BCUT2D eigenvalue weighted by atomic mass is 35.5. The summed E-state index contributed by atoms with van der Waals surface area (Å²) in [6.45, 7) is 1.74. The molecule has 2 aromatic rings. The molecule has 6 heteroatoms. The molecule has 0 aliphatic rings. The molecule has 0 saturated heterocycles. The number of ether oxygens (including phenoxy) is 1. The first-order valence-electron chi connectivity index (χ1n) is 6.00. The van der Waals surface area contributed by atoms with Gasteiger partial charge in [-0.2, -0.15) is 13.2 Å². The molecule has 0 aliphatic heterocycles. The van der Waals surface area contributed by atoms with Crippen molar-refractivity contribution in [3.8, 4) is 0 Å². The van der Waals surface area contributed by atoms with Crippen molar-refractivity contribution in [2.24, 2.45) is 0 Å². The van der Waals surface area contributed by atoms with Crippen molar-refractivity contribution in [3.05, 3.63) is 40.0 Å². The number of aromatic nitrogens is 1. The lowest BCUT2D eigenvalue weighted by Gasteiger charge is -2.14. The molecule has 2 rings (SSSR count). The number of para-hydroxylation sites is 1. The summed E-state index contributed by atoms with van der Waals surface area (Å²) < 4.78 is 43.9. The Hall–Kier alpha value is -1.33. The quantitative estimate of drug-likeness (QED) is 0.838. The van der Waals surface area contributed by atoms with Gasteiger partial charge in [-0.05, 0) is 24.5 Å². The number of hydrogen-bond donors (Lipinski definition) is 0. The van der Waals surface area contributed by atoms with E-state index in [1.54, 1.807) is 18.2 Å². The van der Waals surface area contributed by atoms with Crippen molar-refractivity contribution in [3.63, 3.8) is 0 Å². The minimum atomic E-state index is -4.52. The number of hydrogen-bond acceptors (Lipinski definition) is 2. The van der Waals surface area contributed by atoms with Gasteiger partial charge in [0, 0.05) is 12.5 Å². The average molecular weight is 304 g/mol. The molecule has 0 radical (unpaired) electrons. The first kappa shape index (κ1) is 15.1. The number of pyridine rings is 1. The van der Waals surface area contributed by atoms with E-state index in [1.165, 1.54) is 14.0 Å². The van der Waals surface area contributed by atoms with Gasteiger partial charge in [-0.1, -0.05) is 29.8 Å². The molecule has 0 saturated carbocycles. The van der Waals surface area contributed by atoms with Gasteiger partial charge in [-0.3, -0.25) is 0 Å². The second-order valence-corrected chi connectivity index (χ2v) is 4.83. The molecule has 0 bridgehead atoms. The summed E-state index contributed by atoms with van der Waals surface area (Å²) in [6.07, 6.45) is -4.03. The molecule has 0 spiro atoms. The third-order valence-electron chi connectivity index (χ3n) is 3.11. The van der Waals surface area contributed by atoms with E-state index < -0.39 is 11.9 Å². The minimum Gasteiger partial charge on any atom is -0.384 e. The van der Waals surface area contributed by atoms with E-state index in [9.17, 15) is 13.2 Å². The smallest absolute Gasteiger partial charge is 0.384 e. The minimum absolute atomic E-state index is 0.0458. The molecule has 0 atom stereocenters. The second-order valence-electron chi connectivity index (χ2n) is 4.45.